The Morgan fingerprint density at radius 2 is 1.83 bits per heavy atom. The van der Waals surface area contributed by atoms with Crippen molar-refractivity contribution in [3.05, 3.63) is 62.0 Å². The molecule has 1 N–H and O–H groups in total. The molecule has 0 aliphatic carbocycles. The third-order valence-electron chi connectivity index (χ3n) is 4.66. The van der Waals surface area contributed by atoms with Crippen molar-refractivity contribution in [2.24, 2.45) is 0 Å². The van der Waals surface area contributed by atoms with Gasteiger partial charge in [-0.3, -0.25) is 9.59 Å². The third kappa shape index (κ3) is 7.29. The predicted octanol–water partition coefficient (Wildman–Crippen LogP) is 5.58. The third-order valence-corrected chi connectivity index (χ3v) is 5.94. The average molecular weight is 561 g/mol. The zero-order valence-corrected chi connectivity index (χ0v) is 21.1. The molecular weight excluding hydrogens is 536 g/mol. The molecule has 2 atom stereocenters. The van der Waals surface area contributed by atoms with Gasteiger partial charge in [-0.15, -0.1) is 0 Å². The van der Waals surface area contributed by atoms with Crippen LogP contribution in [0.4, 0.5) is 0 Å². The molecule has 0 saturated heterocycles. The molecule has 0 bridgehead atoms. The molecule has 8 heteroatoms. The summed E-state index contributed by atoms with van der Waals surface area (Å²) in [7, 11) is 0. The zero-order valence-electron chi connectivity index (χ0n) is 17.1. The van der Waals surface area contributed by atoms with Gasteiger partial charge in [0.2, 0.25) is 5.91 Å². The van der Waals surface area contributed by atoms with Gasteiger partial charge in [-0.1, -0.05) is 62.5 Å². The van der Waals surface area contributed by atoms with Gasteiger partial charge in [-0.05, 0) is 56.2 Å². The van der Waals surface area contributed by atoms with Crippen LogP contribution in [-0.4, -0.2) is 35.4 Å². The number of carbonyl (C=O) groups excluding carboxylic acids is 2. The monoisotopic (exact) mass is 558 g/mol. The van der Waals surface area contributed by atoms with Gasteiger partial charge in [-0.2, -0.15) is 0 Å². The highest BCUT2D eigenvalue weighted by atomic mass is 79.9. The summed E-state index contributed by atoms with van der Waals surface area (Å²) in [4.78, 5) is 27.3. The van der Waals surface area contributed by atoms with Crippen LogP contribution >= 0.6 is 43.5 Å². The quantitative estimate of drug-likeness (QED) is 0.436. The number of nitrogens with one attached hydrogen (secondary N) is 1. The van der Waals surface area contributed by atoms with Gasteiger partial charge >= 0.3 is 0 Å². The number of carbonyl (C=O) groups is 2. The molecule has 0 aromatic heterocycles. The molecular formula is C22H25Br2ClN2O3. The van der Waals surface area contributed by atoms with Crippen molar-refractivity contribution in [2.75, 3.05) is 6.61 Å². The second-order valence-electron chi connectivity index (χ2n) is 7.01. The van der Waals surface area contributed by atoms with E-state index in [0.29, 0.717) is 10.8 Å². The molecule has 0 fully saturated rings. The van der Waals surface area contributed by atoms with Gasteiger partial charge in [0, 0.05) is 21.5 Å². The number of ether oxygens (including phenoxy) is 1. The fourth-order valence-corrected chi connectivity index (χ4v) is 3.87. The van der Waals surface area contributed by atoms with Crippen molar-refractivity contribution < 1.29 is 14.3 Å². The van der Waals surface area contributed by atoms with Crippen LogP contribution in [0.1, 0.15) is 32.8 Å². The van der Waals surface area contributed by atoms with Crippen LogP contribution in [0, 0.1) is 0 Å². The topological polar surface area (TPSA) is 58.6 Å². The van der Waals surface area contributed by atoms with Gasteiger partial charge in [0.15, 0.2) is 6.61 Å². The largest absolute Gasteiger partial charge is 0.482 e. The lowest BCUT2D eigenvalue weighted by molar-refractivity contribution is -0.142. The zero-order chi connectivity index (χ0) is 22.3. The van der Waals surface area contributed by atoms with Gasteiger partial charge in [0.25, 0.3) is 5.91 Å². The molecule has 0 aliphatic heterocycles. The summed E-state index contributed by atoms with van der Waals surface area (Å²) in [5, 5.41) is 3.34. The molecule has 0 spiro atoms. The number of benzene rings is 2. The summed E-state index contributed by atoms with van der Waals surface area (Å²) in [5.41, 5.74) is 0.905. The summed E-state index contributed by atoms with van der Waals surface area (Å²) in [6, 6.07) is 12.2. The van der Waals surface area contributed by atoms with E-state index in [9.17, 15) is 9.59 Å². The smallest absolute Gasteiger partial charge is 0.261 e. The molecule has 2 amide bonds. The number of amides is 2. The molecule has 0 radical (unpaired) electrons. The van der Waals surface area contributed by atoms with E-state index in [1.165, 1.54) is 4.90 Å². The number of hydrogen-bond acceptors (Lipinski definition) is 3. The predicted molar refractivity (Wildman–Crippen MR) is 127 cm³/mol. The minimum Gasteiger partial charge on any atom is -0.482 e. The maximum absolute atomic E-state index is 13.0. The Balaban J connectivity index is 2.18. The molecule has 0 aliphatic rings. The minimum absolute atomic E-state index is 0.0283. The molecule has 5 nitrogen and oxygen atoms in total. The average Bonchev–Trinajstić information content (AvgIpc) is 2.70. The van der Waals surface area contributed by atoms with Crippen molar-refractivity contribution in [1.82, 2.24) is 10.2 Å². The highest BCUT2D eigenvalue weighted by Gasteiger charge is 2.27. The summed E-state index contributed by atoms with van der Waals surface area (Å²) < 4.78 is 7.37. The van der Waals surface area contributed by atoms with E-state index in [0.717, 1.165) is 20.9 Å². The van der Waals surface area contributed by atoms with E-state index >= 15 is 0 Å². The number of halogens is 3. The Morgan fingerprint density at radius 1 is 1.13 bits per heavy atom. The van der Waals surface area contributed by atoms with Crippen LogP contribution in [-0.2, 0) is 16.1 Å². The van der Waals surface area contributed by atoms with Gasteiger partial charge in [-0.25, -0.2) is 0 Å². The lowest BCUT2D eigenvalue weighted by Gasteiger charge is -2.29. The molecule has 0 unspecified atom stereocenters. The number of rotatable bonds is 9. The molecule has 2 aromatic rings. The molecule has 162 valence electrons. The Labute approximate surface area is 199 Å². The Kier molecular flexibility index (Phi) is 9.65. The molecule has 0 saturated carbocycles. The van der Waals surface area contributed by atoms with Crippen molar-refractivity contribution in [3.63, 3.8) is 0 Å². The first-order valence-corrected chi connectivity index (χ1v) is 11.6. The van der Waals surface area contributed by atoms with Crippen molar-refractivity contribution >= 4 is 55.3 Å². The lowest BCUT2D eigenvalue weighted by atomic mass is 10.1. The number of hydrogen-bond donors (Lipinski definition) is 1. The van der Waals surface area contributed by atoms with E-state index in [2.05, 4.69) is 37.2 Å². The van der Waals surface area contributed by atoms with Crippen molar-refractivity contribution in [2.45, 2.75) is 45.8 Å². The standard InChI is InChI=1S/C22H25Br2ClN2O3/c1-4-14(2)26-22(29)15(3)27(12-16-6-5-7-17(23)10-16)21(28)13-30-20-9-8-18(24)11-19(20)25/h5-11,14-15H,4,12-13H2,1-3H3,(H,26,29)/t14-,15+/m1/s1. The summed E-state index contributed by atoms with van der Waals surface area (Å²) in [6.07, 6.45) is 0.809. The second kappa shape index (κ2) is 11.7. The van der Waals surface area contributed by atoms with Gasteiger partial charge in [0.1, 0.15) is 11.8 Å². The summed E-state index contributed by atoms with van der Waals surface area (Å²) in [5.74, 6) is -0.0949. The maximum Gasteiger partial charge on any atom is 0.261 e. The minimum atomic E-state index is -0.658. The Morgan fingerprint density at radius 3 is 2.47 bits per heavy atom. The van der Waals surface area contributed by atoms with Gasteiger partial charge < -0.3 is 15.0 Å². The molecule has 2 rings (SSSR count). The summed E-state index contributed by atoms with van der Waals surface area (Å²) in [6.45, 7) is 5.71. The maximum atomic E-state index is 13.0. The first-order chi connectivity index (χ1) is 14.2. The van der Waals surface area contributed by atoms with E-state index in [1.54, 1.807) is 25.1 Å². The normalized spacial score (nSPS) is 12.7. The molecule has 30 heavy (non-hydrogen) atoms. The lowest BCUT2D eigenvalue weighted by Crippen LogP contribution is -2.50. The Hall–Kier alpha value is -1.57. The van der Waals surface area contributed by atoms with E-state index < -0.39 is 6.04 Å². The first-order valence-electron chi connectivity index (χ1n) is 9.63. The van der Waals surface area contributed by atoms with Crippen molar-refractivity contribution in [3.8, 4) is 5.75 Å². The molecule has 0 heterocycles. The van der Waals surface area contributed by atoms with Crippen LogP contribution in [0.15, 0.2) is 51.4 Å². The highest BCUT2D eigenvalue weighted by molar-refractivity contribution is 9.10. The van der Waals surface area contributed by atoms with Gasteiger partial charge in [0.05, 0.1) is 5.02 Å². The second-order valence-corrected chi connectivity index (χ2v) is 9.25. The van der Waals surface area contributed by atoms with Crippen LogP contribution in [0.3, 0.4) is 0 Å². The fraction of sp³-hybridized carbons (Fsp3) is 0.364. The number of nitrogens with zero attached hydrogens (tertiary/aromatic N) is 1. The van der Waals surface area contributed by atoms with Crippen LogP contribution < -0.4 is 10.1 Å². The fourth-order valence-electron chi connectivity index (χ4n) is 2.69. The van der Waals surface area contributed by atoms with Crippen LogP contribution in [0.2, 0.25) is 5.02 Å². The molecule has 2 aromatic carbocycles. The first kappa shape index (κ1) is 24.7. The SMILES string of the molecule is CC[C@@H](C)NC(=O)[C@H](C)N(Cc1cccc(Br)c1)C(=O)COc1ccc(Br)cc1Cl. The van der Waals surface area contributed by atoms with E-state index in [-0.39, 0.29) is 31.0 Å². The Bertz CT molecular complexity index is 894. The summed E-state index contributed by atoms with van der Waals surface area (Å²) >= 11 is 13.0. The van der Waals surface area contributed by atoms with Crippen LogP contribution in [0.25, 0.3) is 0 Å². The van der Waals surface area contributed by atoms with Crippen molar-refractivity contribution in [1.29, 1.82) is 0 Å². The van der Waals surface area contributed by atoms with E-state index in [4.69, 9.17) is 16.3 Å². The van der Waals surface area contributed by atoms with E-state index in [1.807, 2.05) is 38.1 Å². The highest BCUT2D eigenvalue weighted by Crippen LogP contribution is 2.27. The van der Waals surface area contributed by atoms with Crippen LogP contribution in [0.5, 0.6) is 5.75 Å².